The Bertz CT molecular complexity index is 1420. The number of hydrogen-bond acceptors (Lipinski definition) is 7. The second-order valence-electron chi connectivity index (χ2n) is 7.84. The van der Waals surface area contributed by atoms with Crippen LogP contribution >= 0.6 is 11.6 Å². The molecule has 0 bridgehead atoms. The third-order valence-electron chi connectivity index (χ3n) is 5.29. The van der Waals surface area contributed by atoms with Gasteiger partial charge >= 0.3 is 0 Å². The van der Waals surface area contributed by atoms with Crippen molar-refractivity contribution in [2.24, 2.45) is 0 Å². The number of para-hydroxylation sites is 1. The van der Waals surface area contributed by atoms with Crippen LogP contribution in [0.5, 0.6) is 5.75 Å². The second-order valence-corrected chi connectivity index (χ2v) is 8.25. The molecule has 166 valence electrons. The molecule has 0 saturated heterocycles. The van der Waals surface area contributed by atoms with E-state index in [1.54, 1.807) is 6.20 Å². The molecule has 0 fully saturated rings. The normalized spacial score (nSPS) is 11.4. The van der Waals surface area contributed by atoms with Crippen molar-refractivity contribution < 1.29 is 4.74 Å². The van der Waals surface area contributed by atoms with Crippen LogP contribution in [0, 0.1) is 0 Å². The number of pyridine rings is 2. The first kappa shape index (κ1) is 21.1. The molecule has 0 saturated carbocycles. The van der Waals surface area contributed by atoms with E-state index < -0.39 is 0 Å². The number of aromatic amines is 1. The molecular formula is C24H22ClN7O. The van der Waals surface area contributed by atoms with Crippen molar-refractivity contribution >= 4 is 44.8 Å². The Labute approximate surface area is 195 Å². The minimum Gasteiger partial charge on any atom is -0.491 e. The fourth-order valence-electron chi connectivity index (χ4n) is 3.66. The van der Waals surface area contributed by atoms with E-state index in [4.69, 9.17) is 21.3 Å². The van der Waals surface area contributed by atoms with Gasteiger partial charge in [-0.05, 0) is 44.4 Å². The summed E-state index contributed by atoms with van der Waals surface area (Å²) in [6, 6.07) is 13.6. The first-order valence-electron chi connectivity index (χ1n) is 10.5. The van der Waals surface area contributed by atoms with Crippen LogP contribution in [0.2, 0.25) is 5.02 Å². The Kier molecular flexibility index (Phi) is 5.77. The highest BCUT2D eigenvalue weighted by atomic mass is 35.5. The van der Waals surface area contributed by atoms with Gasteiger partial charge in [0.1, 0.15) is 24.5 Å². The Hall–Kier alpha value is -3.75. The molecule has 0 aliphatic carbocycles. The van der Waals surface area contributed by atoms with Gasteiger partial charge in [0.25, 0.3) is 0 Å². The SMILES string of the molecule is CN(C)CCOc1ccc(Nc2nc3c(-c4ncn[nH]4)cccc3c3cnccc23)cc1Cl. The van der Waals surface area contributed by atoms with Gasteiger partial charge in [-0.15, -0.1) is 0 Å². The predicted octanol–water partition coefficient (Wildman–Crippen LogP) is 4.91. The van der Waals surface area contributed by atoms with Gasteiger partial charge in [0.2, 0.25) is 0 Å². The van der Waals surface area contributed by atoms with Gasteiger partial charge in [-0.2, -0.15) is 5.10 Å². The number of anilines is 2. The molecule has 0 spiro atoms. The summed E-state index contributed by atoms with van der Waals surface area (Å²) >= 11 is 6.49. The molecule has 9 heteroatoms. The van der Waals surface area contributed by atoms with Crippen LogP contribution in [-0.4, -0.2) is 57.3 Å². The highest BCUT2D eigenvalue weighted by molar-refractivity contribution is 6.32. The van der Waals surface area contributed by atoms with Crippen molar-refractivity contribution in [1.29, 1.82) is 0 Å². The van der Waals surface area contributed by atoms with Crippen LogP contribution in [0.15, 0.2) is 61.2 Å². The number of halogens is 1. The van der Waals surface area contributed by atoms with E-state index in [1.165, 1.54) is 6.33 Å². The number of fused-ring (bicyclic) bond motifs is 3. The van der Waals surface area contributed by atoms with Gasteiger partial charge in [0.15, 0.2) is 5.82 Å². The number of likely N-dealkylation sites (N-methyl/N-ethyl adjacent to an activating group) is 1. The summed E-state index contributed by atoms with van der Waals surface area (Å²) in [6.07, 6.45) is 5.10. The number of ether oxygens (including phenoxy) is 1. The highest BCUT2D eigenvalue weighted by Crippen LogP contribution is 2.35. The van der Waals surface area contributed by atoms with Crippen LogP contribution in [-0.2, 0) is 0 Å². The number of hydrogen-bond donors (Lipinski definition) is 2. The zero-order valence-corrected chi connectivity index (χ0v) is 19.0. The van der Waals surface area contributed by atoms with E-state index in [0.29, 0.717) is 29.0 Å². The predicted molar refractivity (Wildman–Crippen MR) is 131 cm³/mol. The Morgan fingerprint density at radius 1 is 1.09 bits per heavy atom. The van der Waals surface area contributed by atoms with Gasteiger partial charge in [-0.1, -0.05) is 23.7 Å². The molecular weight excluding hydrogens is 438 g/mol. The lowest BCUT2D eigenvalue weighted by Crippen LogP contribution is -2.19. The Balaban J connectivity index is 1.55. The van der Waals surface area contributed by atoms with Crippen LogP contribution in [0.3, 0.4) is 0 Å². The lowest BCUT2D eigenvalue weighted by atomic mass is 10.0. The molecule has 0 aliphatic heterocycles. The lowest BCUT2D eigenvalue weighted by Gasteiger charge is -2.15. The van der Waals surface area contributed by atoms with Crippen LogP contribution in [0.4, 0.5) is 11.5 Å². The fourth-order valence-corrected chi connectivity index (χ4v) is 3.90. The smallest absolute Gasteiger partial charge is 0.157 e. The lowest BCUT2D eigenvalue weighted by molar-refractivity contribution is 0.261. The number of aromatic nitrogens is 5. The summed E-state index contributed by atoms with van der Waals surface area (Å²) in [7, 11) is 4.00. The maximum Gasteiger partial charge on any atom is 0.157 e. The molecule has 2 N–H and O–H groups in total. The van der Waals surface area contributed by atoms with Crippen molar-refractivity contribution in [3.05, 3.63) is 66.2 Å². The van der Waals surface area contributed by atoms with Crippen molar-refractivity contribution in [3.8, 4) is 17.1 Å². The molecule has 33 heavy (non-hydrogen) atoms. The molecule has 0 aliphatic rings. The van der Waals surface area contributed by atoms with Crippen molar-refractivity contribution in [2.75, 3.05) is 32.6 Å². The number of benzene rings is 2. The molecule has 0 amide bonds. The molecule has 3 aromatic heterocycles. The highest BCUT2D eigenvalue weighted by Gasteiger charge is 2.14. The largest absolute Gasteiger partial charge is 0.491 e. The van der Waals surface area contributed by atoms with E-state index in [0.717, 1.165) is 39.5 Å². The summed E-state index contributed by atoms with van der Waals surface area (Å²) < 4.78 is 5.80. The molecule has 0 radical (unpaired) electrons. The molecule has 3 heterocycles. The van der Waals surface area contributed by atoms with Crippen LogP contribution in [0.25, 0.3) is 33.1 Å². The monoisotopic (exact) mass is 459 g/mol. The first-order valence-corrected chi connectivity index (χ1v) is 10.8. The summed E-state index contributed by atoms with van der Waals surface area (Å²) in [4.78, 5) is 15.7. The Morgan fingerprint density at radius 2 is 2.00 bits per heavy atom. The van der Waals surface area contributed by atoms with Crippen LogP contribution in [0.1, 0.15) is 0 Å². The Morgan fingerprint density at radius 3 is 2.79 bits per heavy atom. The quantitative estimate of drug-likeness (QED) is 0.334. The van der Waals surface area contributed by atoms with E-state index in [2.05, 4.69) is 30.4 Å². The third kappa shape index (κ3) is 4.30. The topological polar surface area (TPSA) is 91.9 Å². The maximum absolute atomic E-state index is 6.49. The number of nitrogens with one attached hydrogen (secondary N) is 2. The summed E-state index contributed by atoms with van der Waals surface area (Å²) in [6.45, 7) is 1.37. The van der Waals surface area contributed by atoms with Crippen molar-refractivity contribution in [2.45, 2.75) is 0 Å². The van der Waals surface area contributed by atoms with Gasteiger partial charge in [0, 0.05) is 46.3 Å². The van der Waals surface area contributed by atoms with E-state index >= 15 is 0 Å². The minimum absolute atomic E-state index is 0.535. The van der Waals surface area contributed by atoms with E-state index in [1.807, 2.05) is 62.8 Å². The van der Waals surface area contributed by atoms with Gasteiger partial charge in [-0.25, -0.2) is 9.97 Å². The van der Waals surface area contributed by atoms with Gasteiger partial charge in [-0.3, -0.25) is 10.1 Å². The standard InChI is InChI=1S/C24H22ClN7O/c1-32(2)10-11-33-21-7-6-15(12-20(21)25)29-24-17-8-9-26-13-19(17)16-4-3-5-18(22(16)30-24)23-27-14-28-31-23/h3-9,12-14H,10-11H2,1-2H3,(H,29,30)(H,27,28,31). The molecule has 5 rings (SSSR count). The third-order valence-corrected chi connectivity index (χ3v) is 5.58. The number of nitrogens with zero attached hydrogens (tertiary/aromatic N) is 5. The molecule has 2 aromatic carbocycles. The fraction of sp³-hybridized carbons (Fsp3) is 0.167. The van der Waals surface area contributed by atoms with Gasteiger partial charge in [0.05, 0.1) is 10.5 Å². The first-order chi connectivity index (χ1) is 16.1. The molecule has 8 nitrogen and oxygen atoms in total. The van der Waals surface area contributed by atoms with Gasteiger partial charge < -0.3 is 15.0 Å². The average Bonchev–Trinajstić information content (AvgIpc) is 3.35. The summed E-state index contributed by atoms with van der Waals surface area (Å²) in [5, 5.41) is 13.8. The second kappa shape index (κ2) is 9.01. The zero-order chi connectivity index (χ0) is 22.8. The minimum atomic E-state index is 0.535. The van der Waals surface area contributed by atoms with Crippen molar-refractivity contribution in [1.82, 2.24) is 30.0 Å². The molecule has 5 aromatic rings. The zero-order valence-electron chi connectivity index (χ0n) is 18.2. The number of rotatable bonds is 7. The van der Waals surface area contributed by atoms with Crippen LogP contribution < -0.4 is 10.1 Å². The summed E-state index contributed by atoms with van der Waals surface area (Å²) in [5.41, 5.74) is 2.47. The average molecular weight is 460 g/mol. The maximum atomic E-state index is 6.49. The molecule has 0 unspecified atom stereocenters. The summed E-state index contributed by atoms with van der Waals surface area (Å²) in [5.74, 6) is 2.01. The van der Waals surface area contributed by atoms with E-state index in [-0.39, 0.29) is 0 Å². The van der Waals surface area contributed by atoms with E-state index in [9.17, 15) is 0 Å². The molecule has 0 atom stereocenters. The number of H-pyrrole nitrogens is 1. The van der Waals surface area contributed by atoms with Crippen molar-refractivity contribution in [3.63, 3.8) is 0 Å².